The third kappa shape index (κ3) is 2.81. The van der Waals surface area contributed by atoms with Crippen LogP contribution in [0.15, 0.2) is 42.5 Å². The smallest absolute Gasteiger partial charge is 0.124 e. The highest BCUT2D eigenvalue weighted by molar-refractivity contribution is 5.44. The van der Waals surface area contributed by atoms with Crippen molar-refractivity contribution in [1.29, 1.82) is 0 Å². The van der Waals surface area contributed by atoms with Crippen LogP contribution in [0.3, 0.4) is 0 Å². The monoisotopic (exact) mass is 281 g/mol. The van der Waals surface area contributed by atoms with E-state index < -0.39 is 0 Å². The average molecular weight is 281 g/mol. The summed E-state index contributed by atoms with van der Waals surface area (Å²) in [6.45, 7) is 2.06. The zero-order valence-corrected chi connectivity index (χ0v) is 12.8. The van der Waals surface area contributed by atoms with Crippen molar-refractivity contribution in [2.75, 3.05) is 7.11 Å². The maximum absolute atomic E-state index is 6.44. The molecule has 0 radical (unpaired) electrons. The molecule has 1 fully saturated rings. The average Bonchev–Trinajstić information content (AvgIpc) is 2.45. The fraction of sp³-hybridized carbons (Fsp3) is 0.368. The molecule has 2 aromatic rings. The molecule has 3 rings (SSSR count). The van der Waals surface area contributed by atoms with Gasteiger partial charge in [-0.05, 0) is 48.4 Å². The first-order chi connectivity index (χ1) is 10.2. The Labute approximate surface area is 126 Å². The Morgan fingerprint density at radius 2 is 1.81 bits per heavy atom. The molecule has 2 N–H and O–H groups in total. The summed E-state index contributed by atoms with van der Waals surface area (Å²) in [6.07, 6.45) is 4.03. The summed E-state index contributed by atoms with van der Waals surface area (Å²) in [7, 11) is 1.70. The van der Waals surface area contributed by atoms with E-state index in [0.717, 1.165) is 22.8 Å². The van der Waals surface area contributed by atoms with Crippen molar-refractivity contribution in [2.24, 2.45) is 5.73 Å². The summed E-state index contributed by atoms with van der Waals surface area (Å²) in [4.78, 5) is 0. The van der Waals surface area contributed by atoms with Gasteiger partial charge in [0.1, 0.15) is 5.75 Å². The van der Waals surface area contributed by atoms with Gasteiger partial charge in [0.2, 0.25) is 0 Å². The standard InChI is InChI=1S/C19H23NO/c1-13-6-11-17(18(12-13)21-2)19(20)16-9-7-15(8-10-16)14-4-3-5-14/h6-12,14,19H,3-5,20H2,1-2H3. The molecule has 110 valence electrons. The lowest BCUT2D eigenvalue weighted by molar-refractivity contribution is 0.407. The zero-order valence-electron chi connectivity index (χ0n) is 12.8. The predicted octanol–water partition coefficient (Wildman–Crippen LogP) is 4.32. The van der Waals surface area contributed by atoms with E-state index in [9.17, 15) is 0 Å². The number of aryl methyl sites for hydroxylation is 1. The lowest BCUT2D eigenvalue weighted by Crippen LogP contribution is -2.14. The van der Waals surface area contributed by atoms with Gasteiger partial charge in [0.15, 0.2) is 0 Å². The Bertz CT molecular complexity index is 614. The number of nitrogens with two attached hydrogens (primary N) is 1. The van der Waals surface area contributed by atoms with Crippen LogP contribution in [0.4, 0.5) is 0 Å². The van der Waals surface area contributed by atoms with Gasteiger partial charge >= 0.3 is 0 Å². The van der Waals surface area contributed by atoms with Gasteiger partial charge in [0.25, 0.3) is 0 Å². The van der Waals surface area contributed by atoms with Gasteiger partial charge in [-0.1, -0.05) is 42.8 Å². The fourth-order valence-electron chi connectivity index (χ4n) is 2.97. The largest absolute Gasteiger partial charge is 0.496 e. The van der Waals surface area contributed by atoms with Crippen molar-refractivity contribution in [3.8, 4) is 5.75 Å². The van der Waals surface area contributed by atoms with Crippen LogP contribution in [0.1, 0.15) is 53.5 Å². The van der Waals surface area contributed by atoms with Gasteiger partial charge < -0.3 is 10.5 Å². The molecule has 0 bridgehead atoms. The molecular formula is C19H23NO. The van der Waals surface area contributed by atoms with Crippen molar-refractivity contribution < 1.29 is 4.74 Å². The quantitative estimate of drug-likeness (QED) is 0.906. The Morgan fingerprint density at radius 1 is 1.10 bits per heavy atom. The Morgan fingerprint density at radius 3 is 2.38 bits per heavy atom. The lowest BCUT2D eigenvalue weighted by Gasteiger charge is -2.26. The minimum atomic E-state index is -0.143. The second-order valence-electron chi connectivity index (χ2n) is 6.02. The summed E-state index contributed by atoms with van der Waals surface area (Å²) < 4.78 is 5.48. The number of methoxy groups -OCH3 is 1. The minimum Gasteiger partial charge on any atom is -0.496 e. The molecule has 2 aromatic carbocycles. The summed E-state index contributed by atoms with van der Waals surface area (Å²) >= 11 is 0. The summed E-state index contributed by atoms with van der Waals surface area (Å²) in [5, 5.41) is 0. The van der Waals surface area contributed by atoms with E-state index in [1.807, 2.05) is 6.07 Å². The van der Waals surface area contributed by atoms with Crippen LogP contribution in [-0.4, -0.2) is 7.11 Å². The number of rotatable bonds is 4. The molecule has 0 aliphatic heterocycles. The Kier molecular flexibility index (Phi) is 3.98. The van der Waals surface area contributed by atoms with Crippen LogP contribution < -0.4 is 10.5 Å². The third-order valence-corrected chi connectivity index (χ3v) is 4.60. The molecule has 21 heavy (non-hydrogen) atoms. The van der Waals surface area contributed by atoms with Gasteiger partial charge in [-0.25, -0.2) is 0 Å². The number of ether oxygens (including phenoxy) is 1. The molecule has 0 spiro atoms. The second-order valence-corrected chi connectivity index (χ2v) is 6.02. The van der Waals surface area contributed by atoms with Crippen molar-refractivity contribution in [3.05, 3.63) is 64.7 Å². The van der Waals surface area contributed by atoms with E-state index in [1.54, 1.807) is 7.11 Å². The van der Waals surface area contributed by atoms with Gasteiger partial charge in [0, 0.05) is 5.56 Å². The van der Waals surface area contributed by atoms with Gasteiger partial charge in [0.05, 0.1) is 13.2 Å². The predicted molar refractivity (Wildman–Crippen MR) is 86.8 cm³/mol. The topological polar surface area (TPSA) is 35.2 Å². The SMILES string of the molecule is COc1cc(C)ccc1C(N)c1ccc(C2CCC2)cc1. The first-order valence-electron chi connectivity index (χ1n) is 7.69. The first kappa shape index (κ1) is 14.2. The van der Waals surface area contributed by atoms with E-state index in [1.165, 1.54) is 30.4 Å². The zero-order chi connectivity index (χ0) is 14.8. The maximum atomic E-state index is 6.44. The van der Waals surface area contributed by atoms with Crippen molar-refractivity contribution in [2.45, 2.75) is 38.1 Å². The van der Waals surface area contributed by atoms with Crippen molar-refractivity contribution in [3.63, 3.8) is 0 Å². The van der Waals surface area contributed by atoms with Crippen LogP contribution in [-0.2, 0) is 0 Å². The molecule has 1 unspecified atom stereocenters. The molecule has 1 atom stereocenters. The Hall–Kier alpha value is -1.80. The van der Waals surface area contributed by atoms with Crippen LogP contribution in [0.5, 0.6) is 5.75 Å². The van der Waals surface area contributed by atoms with Crippen molar-refractivity contribution in [1.82, 2.24) is 0 Å². The molecule has 0 heterocycles. The molecule has 0 amide bonds. The minimum absolute atomic E-state index is 0.143. The lowest BCUT2D eigenvalue weighted by atomic mass is 9.79. The van der Waals surface area contributed by atoms with Crippen LogP contribution in [0.2, 0.25) is 0 Å². The van der Waals surface area contributed by atoms with Gasteiger partial charge in [-0.3, -0.25) is 0 Å². The van der Waals surface area contributed by atoms with E-state index in [2.05, 4.69) is 43.3 Å². The van der Waals surface area contributed by atoms with Gasteiger partial charge in [-0.2, -0.15) is 0 Å². The highest BCUT2D eigenvalue weighted by atomic mass is 16.5. The number of benzene rings is 2. The third-order valence-electron chi connectivity index (χ3n) is 4.60. The molecular weight excluding hydrogens is 258 g/mol. The van der Waals surface area contributed by atoms with E-state index in [4.69, 9.17) is 10.5 Å². The highest BCUT2D eigenvalue weighted by Crippen LogP contribution is 2.37. The number of hydrogen-bond acceptors (Lipinski definition) is 2. The molecule has 1 saturated carbocycles. The highest BCUT2D eigenvalue weighted by Gasteiger charge is 2.20. The van der Waals surface area contributed by atoms with Crippen LogP contribution in [0.25, 0.3) is 0 Å². The van der Waals surface area contributed by atoms with E-state index in [-0.39, 0.29) is 6.04 Å². The van der Waals surface area contributed by atoms with Gasteiger partial charge in [-0.15, -0.1) is 0 Å². The molecule has 0 aromatic heterocycles. The molecule has 2 heteroatoms. The molecule has 1 aliphatic rings. The summed E-state index contributed by atoms with van der Waals surface area (Å²) in [5.74, 6) is 1.63. The molecule has 1 aliphatic carbocycles. The second kappa shape index (κ2) is 5.90. The van der Waals surface area contributed by atoms with Crippen LogP contribution >= 0.6 is 0 Å². The maximum Gasteiger partial charge on any atom is 0.124 e. The molecule has 0 saturated heterocycles. The fourth-order valence-corrected chi connectivity index (χ4v) is 2.97. The van der Waals surface area contributed by atoms with E-state index in [0.29, 0.717) is 0 Å². The Balaban J connectivity index is 1.85. The van der Waals surface area contributed by atoms with E-state index >= 15 is 0 Å². The normalized spacial score (nSPS) is 16.3. The van der Waals surface area contributed by atoms with Crippen molar-refractivity contribution >= 4 is 0 Å². The summed E-state index contributed by atoms with van der Waals surface area (Å²) in [5.41, 5.74) is 11.3. The summed E-state index contributed by atoms with van der Waals surface area (Å²) in [6, 6.07) is 14.8. The van der Waals surface area contributed by atoms with Crippen LogP contribution in [0, 0.1) is 6.92 Å². The number of hydrogen-bond donors (Lipinski definition) is 1. The first-order valence-corrected chi connectivity index (χ1v) is 7.69. The molecule has 2 nitrogen and oxygen atoms in total.